The molecule has 0 radical (unpaired) electrons. The highest BCUT2D eigenvalue weighted by atomic mass is 16.3. The van der Waals surface area contributed by atoms with Gasteiger partial charge in [-0.05, 0) is 59.7 Å². The largest absolute Gasteiger partial charge is 0.455 e. The van der Waals surface area contributed by atoms with Gasteiger partial charge in [0.1, 0.15) is 16.7 Å². The van der Waals surface area contributed by atoms with E-state index in [2.05, 4.69) is 114 Å². The number of furan rings is 2. The van der Waals surface area contributed by atoms with Gasteiger partial charge in [0.25, 0.3) is 0 Å². The smallest absolute Gasteiger partial charge is 0.167 e. The Balaban J connectivity index is 0.983. The van der Waals surface area contributed by atoms with Crippen LogP contribution in [0.25, 0.3) is 117 Å². The highest BCUT2D eigenvalue weighted by molar-refractivity contribution is 6.14. The van der Waals surface area contributed by atoms with Gasteiger partial charge in [0.15, 0.2) is 23.1 Å². The minimum absolute atomic E-state index is 0.559. The predicted octanol–water partition coefficient (Wildman–Crippen LogP) is 13.4. The van der Waals surface area contributed by atoms with Crippen LogP contribution in [0.3, 0.4) is 0 Å². The van der Waals surface area contributed by atoms with E-state index < -0.39 is 0 Å². The van der Waals surface area contributed by atoms with Gasteiger partial charge in [-0.2, -0.15) is 0 Å². The standard InChI is InChI=1S/C51H30N4O2/c1-3-13-31(14-4-1)49-52-50(32-15-5-2-6-16-32)54-51(53-49)40-21-11-19-39-41-29-33(26-28-45(41)56-47(39)40)34-25-27-37-38-20-12-24-44(48(38)57-46(37)30-34)55-42-22-9-7-17-35(42)36-18-8-10-23-43(36)55/h1-30H. The summed E-state index contributed by atoms with van der Waals surface area (Å²) in [6.07, 6.45) is 0. The van der Waals surface area contributed by atoms with Crippen LogP contribution in [-0.4, -0.2) is 19.5 Å². The first kappa shape index (κ1) is 31.5. The van der Waals surface area contributed by atoms with Crippen LogP contribution < -0.4 is 0 Å². The van der Waals surface area contributed by atoms with Crippen molar-refractivity contribution in [3.05, 3.63) is 182 Å². The van der Waals surface area contributed by atoms with E-state index in [-0.39, 0.29) is 0 Å². The van der Waals surface area contributed by atoms with E-state index in [1.54, 1.807) is 0 Å². The molecule has 4 aromatic heterocycles. The van der Waals surface area contributed by atoms with Crippen molar-refractivity contribution in [1.82, 2.24) is 19.5 Å². The number of nitrogens with zero attached hydrogens (tertiary/aromatic N) is 4. The van der Waals surface area contributed by atoms with E-state index in [0.717, 1.165) is 88.4 Å². The first-order valence-corrected chi connectivity index (χ1v) is 19.0. The number of aromatic nitrogens is 4. The molecule has 6 nitrogen and oxygen atoms in total. The molecular weight excluding hydrogens is 701 g/mol. The molecule has 0 aliphatic carbocycles. The van der Waals surface area contributed by atoms with Crippen LogP contribution in [-0.2, 0) is 0 Å². The van der Waals surface area contributed by atoms with Crippen molar-refractivity contribution in [3.63, 3.8) is 0 Å². The summed E-state index contributed by atoms with van der Waals surface area (Å²) in [4.78, 5) is 14.9. The van der Waals surface area contributed by atoms with Gasteiger partial charge in [0.05, 0.1) is 22.3 Å². The topological polar surface area (TPSA) is 69.9 Å². The Morgan fingerprint density at radius 1 is 0.333 bits per heavy atom. The zero-order chi connectivity index (χ0) is 37.5. The number of rotatable bonds is 5. The summed E-state index contributed by atoms with van der Waals surface area (Å²) in [5, 5.41) is 6.62. The summed E-state index contributed by atoms with van der Waals surface area (Å²) in [6.45, 7) is 0. The molecule has 0 atom stereocenters. The lowest BCUT2D eigenvalue weighted by Crippen LogP contribution is -2.00. The lowest BCUT2D eigenvalue weighted by Gasteiger charge is -2.08. The lowest BCUT2D eigenvalue weighted by atomic mass is 10.0. The fourth-order valence-corrected chi connectivity index (χ4v) is 8.40. The average molecular weight is 731 g/mol. The lowest BCUT2D eigenvalue weighted by molar-refractivity contribution is 0.666. The maximum Gasteiger partial charge on any atom is 0.167 e. The van der Waals surface area contributed by atoms with Crippen molar-refractivity contribution in [2.24, 2.45) is 0 Å². The summed E-state index contributed by atoms with van der Waals surface area (Å²) < 4.78 is 15.7. The van der Waals surface area contributed by atoms with E-state index in [4.69, 9.17) is 23.8 Å². The van der Waals surface area contributed by atoms with Gasteiger partial charge in [-0.15, -0.1) is 0 Å². The summed E-state index contributed by atoms with van der Waals surface area (Å²) in [7, 11) is 0. The maximum absolute atomic E-state index is 6.80. The third-order valence-electron chi connectivity index (χ3n) is 11.1. The Labute approximate surface area is 325 Å². The van der Waals surface area contributed by atoms with Gasteiger partial charge >= 0.3 is 0 Å². The molecule has 0 saturated carbocycles. The van der Waals surface area contributed by atoms with E-state index in [0.29, 0.717) is 17.5 Å². The third-order valence-corrected chi connectivity index (χ3v) is 11.1. The fraction of sp³-hybridized carbons (Fsp3) is 0. The monoisotopic (exact) mass is 730 g/mol. The highest BCUT2D eigenvalue weighted by Crippen LogP contribution is 2.41. The average Bonchev–Trinajstić information content (AvgIpc) is 3.96. The number of para-hydroxylation sites is 4. The van der Waals surface area contributed by atoms with Gasteiger partial charge in [-0.3, -0.25) is 0 Å². The molecule has 0 bridgehead atoms. The van der Waals surface area contributed by atoms with E-state index in [9.17, 15) is 0 Å². The zero-order valence-electron chi connectivity index (χ0n) is 30.4. The molecule has 0 spiro atoms. The molecule has 57 heavy (non-hydrogen) atoms. The fourth-order valence-electron chi connectivity index (χ4n) is 8.40. The van der Waals surface area contributed by atoms with Crippen molar-refractivity contribution in [2.45, 2.75) is 0 Å². The molecular formula is C51H30N4O2. The summed E-state index contributed by atoms with van der Waals surface area (Å²) in [5.41, 5.74) is 11.3. The molecule has 12 rings (SSSR count). The van der Waals surface area contributed by atoms with Crippen LogP contribution in [0.1, 0.15) is 0 Å². The van der Waals surface area contributed by atoms with Crippen LogP contribution in [0, 0.1) is 0 Å². The number of benzene rings is 8. The molecule has 4 heterocycles. The quantitative estimate of drug-likeness (QED) is 0.176. The second kappa shape index (κ2) is 12.3. The Hall–Kier alpha value is -7.83. The van der Waals surface area contributed by atoms with Crippen molar-refractivity contribution in [3.8, 4) is 51.0 Å². The molecule has 12 aromatic rings. The Bertz CT molecular complexity index is 3410. The Morgan fingerprint density at radius 3 is 1.58 bits per heavy atom. The normalized spacial score (nSPS) is 11.9. The van der Waals surface area contributed by atoms with Crippen LogP contribution in [0.4, 0.5) is 0 Å². The van der Waals surface area contributed by atoms with Crippen molar-refractivity contribution < 1.29 is 8.83 Å². The van der Waals surface area contributed by atoms with Crippen LogP contribution in [0.5, 0.6) is 0 Å². The van der Waals surface area contributed by atoms with Gasteiger partial charge in [0, 0.05) is 43.4 Å². The SMILES string of the molecule is c1ccc(-c2nc(-c3ccccc3)nc(-c3cccc4c3oc3ccc(-c5ccc6c(c5)oc5c(-n7c8ccccc8c8ccccc87)cccc56)cc34)n2)cc1. The summed E-state index contributed by atoms with van der Waals surface area (Å²) in [6, 6.07) is 62.7. The zero-order valence-corrected chi connectivity index (χ0v) is 30.4. The first-order valence-electron chi connectivity index (χ1n) is 19.0. The second-order valence-corrected chi connectivity index (χ2v) is 14.4. The van der Waals surface area contributed by atoms with Crippen LogP contribution in [0.2, 0.25) is 0 Å². The summed E-state index contributed by atoms with van der Waals surface area (Å²) >= 11 is 0. The summed E-state index contributed by atoms with van der Waals surface area (Å²) in [5.74, 6) is 1.78. The van der Waals surface area contributed by atoms with E-state index >= 15 is 0 Å². The minimum Gasteiger partial charge on any atom is -0.455 e. The number of hydrogen-bond donors (Lipinski definition) is 0. The van der Waals surface area contributed by atoms with E-state index in [1.165, 1.54) is 10.8 Å². The van der Waals surface area contributed by atoms with Crippen LogP contribution >= 0.6 is 0 Å². The van der Waals surface area contributed by atoms with E-state index in [1.807, 2.05) is 72.8 Å². The highest BCUT2D eigenvalue weighted by Gasteiger charge is 2.20. The van der Waals surface area contributed by atoms with Crippen molar-refractivity contribution >= 4 is 65.7 Å². The number of fused-ring (bicyclic) bond motifs is 9. The molecule has 6 heteroatoms. The Morgan fingerprint density at radius 2 is 0.877 bits per heavy atom. The molecule has 0 aliphatic heterocycles. The second-order valence-electron chi connectivity index (χ2n) is 14.4. The molecule has 0 saturated heterocycles. The number of hydrogen-bond acceptors (Lipinski definition) is 5. The predicted molar refractivity (Wildman–Crippen MR) is 230 cm³/mol. The maximum atomic E-state index is 6.80. The first-order chi connectivity index (χ1) is 28.2. The molecule has 0 N–H and O–H groups in total. The third kappa shape index (κ3) is 4.94. The molecule has 8 aromatic carbocycles. The van der Waals surface area contributed by atoms with Gasteiger partial charge in [0.2, 0.25) is 0 Å². The van der Waals surface area contributed by atoms with Gasteiger partial charge in [-0.25, -0.2) is 15.0 Å². The van der Waals surface area contributed by atoms with Crippen LogP contribution in [0.15, 0.2) is 191 Å². The Kier molecular flexibility index (Phi) is 6.83. The molecule has 0 unspecified atom stereocenters. The minimum atomic E-state index is 0.559. The molecule has 266 valence electrons. The molecule has 0 amide bonds. The molecule has 0 fully saturated rings. The van der Waals surface area contributed by atoms with Crippen molar-refractivity contribution in [1.29, 1.82) is 0 Å². The molecule has 0 aliphatic rings. The van der Waals surface area contributed by atoms with Gasteiger partial charge < -0.3 is 13.4 Å². The van der Waals surface area contributed by atoms with Crippen molar-refractivity contribution in [2.75, 3.05) is 0 Å². The van der Waals surface area contributed by atoms with Gasteiger partial charge in [-0.1, -0.05) is 133 Å².